The zero-order valence-corrected chi connectivity index (χ0v) is 16.4. The number of nitrogens with one attached hydrogen (secondary N) is 1. The molecule has 3 rings (SSSR count). The number of hydrogen-bond donors (Lipinski definition) is 1. The Morgan fingerprint density at radius 2 is 1.96 bits per heavy atom. The molecule has 0 aromatic carbocycles. The maximum absolute atomic E-state index is 11.9. The molecule has 0 unspecified atom stereocenters. The summed E-state index contributed by atoms with van der Waals surface area (Å²) in [7, 11) is 0. The van der Waals surface area contributed by atoms with Crippen LogP contribution in [0.25, 0.3) is 10.2 Å². The number of ether oxygens (including phenoxy) is 1. The van der Waals surface area contributed by atoms with Crippen molar-refractivity contribution < 1.29 is 9.53 Å². The second-order valence-electron chi connectivity index (χ2n) is 7.60. The van der Waals surface area contributed by atoms with E-state index in [2.05, 4.69) is 32.5 Å². The first kappa shape index (κ1) is 17.9. The summed E-state index contributed by atoms with van der Waals surface area (Å²) >= 11 is 1.70. The molecule has 6 nitrogen and oxygen atoms in total. The maximum atomic E-state index is 11.9. The zero-order valence-electron chi connectivity index (χ0n) is 15.5. The second-order valence-corrected chi connectivity index (χ2v) is 8.48. The summed E-state index contributed by atoms with van der Waals surface area (Å²) in [5.41, 5.74) is 1.79. The molecule has 7 heteroatoms. The fraction of sp³-hybridized carbons (Fsp3) is 0.611. The minimum absolute atomic E-state index is 0.148. The summed E-state index contributed by atoms with van der Waals surface area (Å²) in [6, 6.07) is 0.148. The first-order valence-corrected chi connectivity index (χ1v) is 9.58. The molecule has 0 saturated carbocycles. The van der Waals surface area contributed by atoms with Gasteiger partial charge in [0.15, 0.2) is 0 Å². The number of fused-ring (bicyclic) bond motifs is 1. The number of nitrogens with zero attached hydrogens (tertiary/aromatic N) is 3. The monoisotopic (exact) mass is 362 g/mol. The molecule has 1 aliphatic heterocycles. The topological polar surface area (TPSA) is 67.4 Å². The zero-order chi connectivity index (χ0) is 18.2. The van der Waals surface area contributed by atoms with Crippen LogP contribution in [0.1, 0.15) is 45.0 Å². The average Bonchev–Trinajstić information content (AvgIpc) is 2.87. The van der Waals surface area contributed by atoms with Crippen molar-refractivity contribution in [1.82, 2.24) is 15.3 Å². The minimum Gasteiger partial charge on any atom is -0.444 e. The van der Waals surface area contributed by atoms with Gasteiger partial charge < -0.3 is 15.0 Å². The number of aryl methyl sites for hydroxylation is 2. The van der Waals surface area contributed by atoms with Crippen molar-refractivity contribution in [3.63, 3.8) is 0 Å². The lowest BCUT2D eigenvalue weighted by molar-refractivity contribution is 0.0497. The van der Waals surface area contributed by atoms with Gasteiger partial charge in [0.05, 0.1) is 10.2 Å². The summed E-state index contributed by atoms with van der Waals surface area (Å²) in [6.45, 7) is 11.4. The van der Waals surface area contributed by atoms with E-state index in [9.17, 15) is 4.79 Å². The Bertz CT molecular complexity index is 773. The van der Waals surface area contributed by atoms with Crippen LogP contribution >= 0.6 is 11.3 Å². The largest absolute Gasteiger partial charge is 0.444 e. The molecule has 136 valence electrons. The first-order chi connectivity index (χ1) is 11.7. The predicted molar refractivity (Wildman–Crippen MR) is 101 cm³/mol. The Morgan fingerprint density at radius 3 is 2.60 bits per heavy atom. The Kier molecular flexibility index (Phi) is 4.86. The van der Waals surface area contributed by atoms with Crippen LogP contribution in [0.3, 0.4) is 0 Å². The number of hydrogen-bond acceptors (Lipinski definition) is 6. The van der Waals surface area contributed by atoms with Gasteiger partial charge in [-0.2, -0.15) is 0 Å². The SMILES string of the molecule is Cc1nc(N2CCC(NC(=O)OC(C)(C)C)CC2)c2scc(C)c2n1. The molecule has 1 aliphatic rings. The van der Waals surface area contributed by atoms with Crippen molar-refractivity contribution in [2.24, 2.45) is 0 Å². The number of rotatable bonds is 2. The molecule has 25 heavy (non-hydrogen) atoms. The van der Waals surface area contributed by atoms with E-state index >= 15 is 0 Å². The number of alkyl carbamates (subject to hydrolysis) is 1. The minimum atomic E-state index is -0.466. The molecule has 1 fully saturated rings. The van der Waals surface area contributed by atoms with Crippen molar-refractivity contribution in [1.29, 1.82) is 0 Å². The van der Waals surface area contributed by atoms with E-state index in [1.165, 1.54) is 5.56 Å². The maximum Gasteiger partial charge on any atom is 0.407 e. The van der Waals surface area contributed by atoms with Crippen LogP contribution in [0.15, 0.2) is 5.38 Å². The quantitative estimate of drug-likeness (QED) is 0.880. The van der Waals surface area contributed by atoms with Gasteiger partial charge in [-0.25, -0.2) is 14.8 Å². The van der Waals surface area contributed by atoms with Crippen LogP contribution in [0, 0.1) is 13.8 Å². The highest BCUT2D eigenvalue weighted by molar-refractivity contribution is 7.18. The van der Waals surface area contributed by atoms with Gasteiger partial charge in [0.25, 0.3) is 0 Å². The molecule has 1 amide bonds. The van der Waals surface area contributed by atoms with Crippen LogP contribution in [0.4, 0.5) is 10.6 Å². The third-order valence-electron chi connectivity index (χ3n) is 4.20. The van der Waals surface area contributed by atoms with E-state index in [4.69, 9.17) is 4.74 Å². The second kappa shape index (κ2) is 6.78. The molecular weight excluding hydrogens is 336 g/mol. The Balaban J connectivity index is 1.66. The van der Waals surface area contributed by atoms with E-state index in [0.717, 1.165) is 47.8 Å². The van der Waals surface area contributed by atoms with E-state index in [0.29, 0.717) is 0 Å². The summed E-state index contributed by atoms with van der Waals surface area (Å²) in [5.74, 6) is 1.83. The first-order valence-electron chi connectivity index (χ1n) is 8.70. The van der Waals surface area contributed by atoms with E-state index in [-0.39, 0.29) is 12.1 Å². The van der Waals surface area contributed by atoms with Gasteiger partial charge in [-0.3, -0.25) is 0 Å². The van der Waals surface area contributed by atoms with Gasteiger partial charge in [0, 0.05) is 19.1 Å². The highest BCUT2D eigenvalue weighted by Gasteiger charge is 2.25. The van der Waals surface area contributed by atoms with Crippen molar-refractivity contribution in [3.8, 4) is 0 Å². The molecule has 0 bridgehead atoms. The van der Waals surface area contributed by atoms with Crippen LogP contribution in [0.2, 0.25) is 0 Å². The predicted octanol–water partition coefficient (Wildman–Crippen LogP) is 3.80. The lowest BCUT2D eigenvalue weighted by atomic mass is 10.1. The Morgan fingerprint density at radius 1 is 1.28 bits per heavy atom. The summed E-state index contributed by atoms with van der Waals surface area (Å²) in [4.78, 5) is 23.5. The molecule has 0 aliphatic carbocycles. The summed E-state index contributed by atoms with van der Waals surface area (Å²) in [6.07, 6.45) is 1.43. The average molecular weight is 362 g/mol. The van der Waals surface area contributed by atoms with Crippen molar-refractivity contribution in [2.75, 3.05) is 18.0 Å². The Labute approximate surface area is 152 Å². The van der Waals surface area contributed by atoms with Gasteiger partial charge in [-0.15, -0.1) is 11.3 Å². The number of carbonyl (C=O) groups is 1. The lowest BCUT2D eigenvalue weighted by Gasteiger charge is -2.33. The van der Waals surface area contributed by atoms with Crippen molar-refractivity contribution >= 4 is 33.5 Å². The van der Waals surface area contributed by atoms with E-state index < -0.39 is 5.60 Å². The van der Waals surface area contributed by atoms with Gasteiger partial charge >= 0.3 is 6.09 Å². The number of amides is 1. The number of aromatic nitrogens is 2. The highest BCUT2D eigenvalue weighted by Crippen LogP contribution is 2.32. The van der Waals surface area contributed by atoms with Gasteiger partial charge in [0.1, 0.15) is 17.2 Å². The standard InChI is InChI=1S/C18H26N4O2S/c1-11-10-25-15-14(11)19-12(2)20-16(15)22-8-6-13(7-9-22)21-17(23)24-18(3,4)5/h10,13H,6-9H2,1-5H3,(H,21,23). The van der Waals surface area contributed by atoms with E-state index in [1.807, 2.05) is 27.7 Å². The third kappa shape index (κ3) is 4.21. The van der Waals surface area contributed by atoms with Gasteiger partial charge in [-0.05, 0) is 58.4 Å². The van der Waals surface area contributed by atoms with Crippen LogP contribution in [-0.2, 0) is 4.74 Å². The van der Waals surface area contributed by atoms with Crippen LogP contribution < -0.4 is 10.2 Å². The van der Waals surface area contributed by atoms with Crippen molar-refractivity contribution in [3.05, 3.63) is 16.8 Å². The lowest BCUT2D eigenvalue weighted by Crippen LogP contribution is -2.46. The fourth-order valence-electron chi connectivity index (χ4n) is 3.05. The summed E-state index contributed by atoms with van der Waals surface area (Å²) < 4.78 is 6.50. The smallest absolute Gasteiger partial charge is 0.407 e. The molecule has 3 heterocycles. The van der Waals surface area contributed by atoms with Crippen LogP contribution in [0.5, 0.6) is 0 Å². The van der Waals surface area contributed by atoms with Gasteiger partial charge in [0.2, 0.25) is 0 Å². The molecule has 1 saturated heterocycles. The number of anilines is 1. The molecule has 1 N–H and O–H groups in total. The van der Waals surface area contributed by atoms with Crippen LogP contribution in [-0.4, -0.2) is 40.8 Å². The molecule has 0 spiro atoms. The molecule has 2 aromatic rings. The summed E-state index contributed by atoms with van der Waals surface area (Å²) in [5, 5.41) is 5.12. The Hall–Kier alpha value is -1.89. The molecular formula is C18H26N4O2S. The highest BCUT2D eigenvalue weighted by atomic mass is 32.1. The van der Waals surface area contributed by atoms with Gasteiger partial charge in [-0.1, -0.05) is 0 Å². The molecule has 0 atom stereocenters. The third-order valence-corrected chi connectivity index (χ3v) is 5.28. The normalized spacial score (nSPS) is 16.3. The fourth-order valence-corrected chi connectivity index (χ4v) is 4.06. The molecule has 2 aromatic heterocycles. The van der Waals surface area contributed by atoms with E-state index in [1.54, 1.807) is 11.3 Å². The number of piperidine rings is 1. The number of carbonyl (C=O) groups excluding carboxylic acids is 1. The van der Waals surface area contributed by atoms with Crippen molar-refractivity contribution in [2.45, 2.75) is 59.1 Å². The number of thiophene rings is 1. The molecule has 0 radical (unpaired) electrons.